The summed E-state index contributed by atoms with van der Waals surface area (Å²) in [6.07, 6.45) is 2.61. The van der Waals surface area contributed by atoms with E-state index in [4.69, 9.17) is 10.5 Å². The summed E-state index contributed by atoms with van der Waals surface area (Å²) in [5.41, 5.74) is 5.92. The molecule has 1 rings (SSSR count). The molecule has 1 amide bonds. The monoisotopic (exact) mass is 323 g/mol. The van der Waals surface area contributed by atoms with Gasteiger partial charge in [0.15, 0.2) is 0 Å². The zero-order valence-electron chi connectivity index (χ0n) is 13.8. The van der Waals surface area contributed by atoms with E-state index in [0.29, 0.717) is 37.1 Å². The third kappa shape index (κ3) is 6.65. The van der Waals surface area contributed by atoms with Crippen molar-refractivity contribution >= 4 is 11.6 Å². The first-order chi connectivity index (χ1) is 11.0. The van der Waals surface area contributed by atoms with Gasteiger partial charge < -0.3 is 15.4 Å². The third-order valence-electron chi connectivity index (χ3n) is 3.62. The van der Waals surface area contributed by atoms with Gasteiger partial charge in [0.05, 0.1) is 12.0 Å². The van der Waals surface area contributed by atoms with E-state index in [1.807, 2.05) is 0 Å². The van der Waals surface area contributed by atoms with Gasteiger partial charge in [0.25, 0.3) is 5.69 Å². The minimum atomic E-state index is -0.369. The van der Waals surface area contributed by atoms with Crippen LogP contribution < -0.4 is 10.5 Å². The number of carbonyl (C=O) groups excluding carboxylic acids is 1. The fourth-order valence-corrected chi connectivity index (χ4v) is 2.47. The summed E-state index contributed by atoms with van der Waals surface area (Å²) in [7, 11) is 1.54. The molecule has 0 fully saturated rings. The van der Waals surface area contributed by atoms with Crippen LogP contribution >= 0.6 is 0 Å². The molecule has 128 valence electrons. The number of rotatable bonds is 11. The van der Waals surface area contributed by atoms with Crippen LogP contribution in [0, 0.1) is 10.1 Å². The highest BCUT2D eigenvalue weighted by atomic mass is 16.6. The summed E-state index contributed by atoms with van der Waals surface area (Å²) in [4.78, 5) is 23.8. The van der Waals surface area contributed by atoms with E-state index in [9.17, 15) is 14.9 Å². The molecule has 1 aromatic rings. The summed E-state index contributed by atoms with van der Waals surface area (Å²) in [6, 6.07) is 4.79. The third-order valence-corrected chi connectivity index (χ3v) is 3.62. The maximum Gasteiger partial charge on any atom is 0.272 e. The minimum absolute atomic E-state index is 0.111. The molecule has 0 saturated carbocycles. The zero-order chi connectivity index (χ0) is 17.2. The van der Waals surface area contributed by atoms with Gasteiger partial charge >= 0.3 is 0 Å². The van der Waals surface area contributed by atoms with E-state index >= 15 is 0 Å². The van der Waals surface area contributed by atoms with E-state index in [1.54, 1.807) is 12.1 Å². The number of carbonyl (C=O) groups is 1. The standard InChI is InChI=1S/C16H25N3O4/c1-3-9-18(10-4-5-16(17)20)11-8-13-12-14(23-2)6-7-15(13)19(21)22/h6-7,12H,3-5,8-11H2,1-2H3,(H2,17,20). The van der Waals surface area contributed by atoms with Crippen molar-refractivity contribution in [2.24, 2.45) is 5.73 Å². The molecular formula is C16H25N3O4. The average molecular weight is 323 g/mol. The molecule has 0 atom stereocenters. The summed E-state index contributed by atoms with van der Waals surface area (Å²) in [5, 5.41) is 11.1. The van der Waals surface area contributed by atoms with Crippen molar-refractivity contribution in [3.63, 3.8) is 0 Å². The number of benzene rings is 1. The van der Waals surface area contributed by atoms with Gasteiger partial charge in [0.2, 0.25) is 5.91 Å². The maximum atomic E-state index is 11.1. The van der Waals surface area contributed by atoms with Crippen molar-refractivity contribution < 1.29 is 14.5 Å². The summed E-state index contributed by atoms with van der Waals surface area (Å²) >= 11 is 0. The lowest BCUT2D eigenvalue weighted by molar-refractivity contribution is -0.385. The highest BCUT2D eigenvalue weighted by Crippen LogP contribution is 2.24. The van der Waals surface area contributed by atoms with Crippen molar-refractivity contribution in [2.75, 3.05) is 26.7 Å². The Balaban J connectivity index is 2.71. The molecule has 2 N–H and O–H groups in total. The van der Waals surface area contributed by atoms with Crippen LogP contribution in [0.2, 0.25) is 0 Å². The average Bonchev–Trinajstić information content (AvgIpc) is 2.51. The number of methoxy groups -OCH3 is 1. The first-order valence-electron chi connectivity index (χ1n) is 7.79. The molecule has 7 heteroatoms. The largest absolute Gasteiger partial charge is 0.497 e. The van der Waals surface area contributed by atoms with Crippen molar-refractivity contribution in [2.45, 2.75) is 32.6 Å². The second-order valence-electron chi connectivity index (χ2n) is 5.41. The molecule has 0 unspecified atom stereocenters. The molecule has 0 bridgehead atoms. The van der Waals surface area contributed by atoms with Crippen LogP contribution in [-0.4, -0.2) is 42.5 Å². The van der Waals surface area contributed by atoms with E-state index in [-0.39, 0.29) is 16.5 Å². The Bertz CT molecular complexity index is 534. The summed E-state index contributed by atoms with van der Waals surface area (Å²) < 4.78 is 5.15. The molecule has 0 saturated heterocycles. The molecule has 23 heavy (non-hydrogen) atoms. The quantitative estimate of drug-likeness (QED) is 0.497. The molecule has 0 aliphatic carbocycles. The molecule has 0 heterocycles. The van der Waals surface area contributed by atoms with Gasteiger partial charge in [-0.05, 0) is 44.5 Å². The van der Waals surface area contributed by atoms with Gasteiger partial charge in [-0.1, -0.05) is 6.92 Å². The van der Waals surface area contributed by atoms with Crippen molar-refractivity contribution in [1.29, 1.82) is 0 Å². The molecule has 0 radical (unpaired) electrons. The van der Waals surface area contributed by atoms with Crippen LogP contribution in [0.4, 0.5) is 5.69 Å². The number of ether oxygens (including phenoxy) is 1. The van der Waals surface area contributed by atoms with E-state index in [2.05, 4.69) is 11.8 Å². The van der Waals surface area contributed by atoms with Crippen molar-refractivity contribution in [3.05, 3.63) is 33.9 Å². The van der Waals surface area contributed by atoms with E-state index in [0.717, 1.165) is 19.5 Å². The smallest absolute Gasteiger partial charge is 0.272 e. The van der Waals surface area contributed by atoms with Crippen LogP contribution in [-0.2, 0) is 11.2 Å². The Morgan fingerprint density at radius 2 is 2.09 bits per heavy atom. The fraction of sp³-hybridized carbons (Fsp3) is 0.562. The van der Waals surface area contributed by atoms with Crippen LogP contribution in [0.5, 0.6) is 5.75 Å². The molecule has 1 aromatic carbocycles. The summed E-state index contributed by atoms with van der Waals surface area (Å²) in [6.45, 7) is 4.42. The van der Waals surface area contributed by atoms with E-state index in [1.165, 1.54) is 13.2 Å². The second-order valence-corrected chi connectivity index (χ2v) is 5.41. The number of amides is 1. The predicted molar refractivity (Wildman–Crippen MR) is 88.5 cm³/mol. The molecule has 0 spiro atoms. The van der Waals surface area contributed by atoms with Gasteiger partial charge in [0.1, 0.15) is 5.75 Å². The molecule has 0 aliphatic heterocycles. The van der Waals surface area contributed by atoms with Gasteiger partial charge in [0, 0.05) is 24.6 Å². The van der Waals surface area contributed by atoms with Crippen molar-refractivity contribution in [1.82, 2.24) is 4.90 Å². The zero-order valence-corrected chi connectivity index (χ0v) is 13.8. The molecule has 7 nitrogen and oxygen atoms in total. The maximum absolute atomic E-state index is 11.1. The Morgan fingerprint density at radius 1 is 1.35 bits per heavy atom. The number of nitro benzene ring substituents is 1. The van der Waals surface area contributed by atoms with Crippen LogP contribution in [0.1, 0.15) is 31.7 Å². The Morgan fingerprint density at radius 3 is 2.65 bits per heavy atom. The lowest BCUT2D eigenvalue weighted by Gasteiger charge is -2.21. The van der Waals surface area contributed by atoms with Crippen LogP contribution in [0.25, 0.3) is 0 Å². The number of primary amides is 1. The Labute approximate surface area is 136 Å². The van der Waals surface area contributed by atoms with Gasteiger partial charge in [-0.15, -0.1) is 0 Å². The van der Waals surface area contributed by atoms with Gasteiger partial charge in [-0.2, -0.15) is 0 Å². The molecule has 0 aliphatic rings. The number of nitro groups is 1. The number of hydrogen-bond acceptors (Lipinski definition) is 5. The van der Waals surface area contributed by atoms with Crippen LogP contribution in [0.3, 0.4) is 0 Å². The number of nitrogens with zero attached hydrogens (tertiary/aromatic N) is 2. The topological polar surface area (TPSA) is 98.7 Å². The fourth-order valence-electron chi connectivity index (χ4n) is 2.47. The highest BCUT2D eigenvalue weighted by molar-refractivity contribution is 5.73. The van der Waals surface area contributed by atoms with Gasteiger partial charge in [-0.25, -0.2) is 0 Å². The first-order valence-corrected chi connectivity index (χ1v) is 7.79. The Hall–Kier alpha value is -2.15. The molecule has 0 aromatic heterocycles. The summed E-state index contributed by atoms with van der Waals surface area (Å²) in [5.74, 6) is 0.311. The van der Waals surface area contributed by atoms with E-state index < -0.39 is 0 Å². The normalized spacial score (nSPS) is 10.7. The SMILES string of the molecule is CCCN(CCCC(N)=O)CCc1cc(OC)ccc1[N+](=O)[O-]. The molecular weight excluding hydrogens is 298 g/mol. The first kappa shape index (κ1) is 18.9. The Kier molecular flexibility index (Phi) is 8.04. The minimum Gasteiger partial charge on any atom is -0.497 e. The lowest BCUT2D eigenvalue weighted by Crippen LogP contribution is -2.29. The van der Waals surface area contributed by atoms with Crippen molar-refractivity contribution in [3.8, 4) is 5.75 Å². The predicted octanol–water partition coefficient (Wildman–Crippen LogP) is 2.12. The number of hydrogen-bond donors (Lipinski definition) is 1. The second kappa shape index (κ2) is 9.78. The number of nitrogens with two attached hydrogens (primary N) is 1. The van der Waals surface area contributed by atoms with Crippen LogP contribution in [0.15, 0.2) is 18.2 Å². The van der Waals surface area contributed by atoms with Gasteiger partial charge in [-0.3, -0.25) is 14.9 Å². The highest BCUT2D eigenvalue weighted by Gasteiger charge is 2.15. The lowest BCUT2D eigenvalue weighted by atomic mass is 10.1.